The number of benzene rings is 2. The second kappa shape index (κ2) is 9.33. The van der Waals surface area contributed by atoms with Crippen LogP contribution in [0.15, 0.2) is 42.4 Å². The highest BCUT2D eigenvalue weighted by Gasteiger charge is 2.40. The normalized spacial score (nSPS) is 22.4. The van der Waals surface area contributed by atoms with Gasteiger partial charge in [0.15, 0.2) is 0 Å². The summed E-state index contributed by atoms with van der Waals surface area (Å²) in [5, 5.41) is 2.29. The van der Waals surface area contributed by atoms with Gasteiger partial charge in [0.2, 0.25) is 11.8 Å². The number of imide groups is 1. The van der Waals surface area contributed by atoms with Crippen LogP contribution in [0.3, 0.4) is 0 Å². The van der Waals surface area contributed by atoms with E-state index in [2.05, 4.69) is 10.2 Å². The predicted molar refractivity (Wildman–Crippen MR) is 119 cm³/mol. The van der Waals surface area contributed by atoms with Crippen molar-refractivity contribution in [2.75, 3.05) is 26.3 Å². The maximum Gasteiger partial charge on any atom is 0.255 e. The molecular weight excluding hydrogens is 422 g/mol. The molecule has 2 fully saturated rings. The molecule has 0 spiro atoms. The van der Waals surface area contributed by atoms with Crippen LogP contribution in [-0.2, 0) is 34.0 Å². The number of carbonyl (C=O) groups is 3. The van der Waals surface area contributed by atoms with Crippen molar-refractivity contribution in [3.63, 3.8) is 0 Å². The number of carbonyl (C=O) groups excluding carboxylic acids is 3. The minimum atomic E-state index is -0.717. The molecule has 5 rings (SSSR count). The number of fused-ring (bicyclic) bond motifs is 1. The molecule has 8 nitrogen and oxygen atoms in total. The number of morpholine rings is 1. The molecule has 3 amide bonds. The number of rotatable bonds is 6. The molecular formula is C25H27N3O5. The summed E-state index contributed by atoms with van der Waals surface area (Å²) in [6.07, 6.45) is 0.455. The zero-order chi connectivity index (χ0) is 25.4. The molecule has 2 aromatic rings. The molecule has 0 radical (unpaired) electrons. The molecule has 172 valence electrons. The van der Waals surface area contributed by atoms with E-state index in [-0.39, 0.29) is 55.9 Å². The van der Waals surface area contributed by atoms with Gasteiger partial charge in [-0.25, -0.2) is 0 Å². The van der Waals surface area contributed by atoms with Crippen LogP contribution in [0.1, 0.15) is 44.0 Å². The van der Waals surface area contributed by atoms with Crippen LogP contribution in [-0.4, -0.2) is 59.9 Å². The lowest BCUT2D eigenvalue weighted by atomic mass is 10.0. The topological polar surface area (TPSA) is 88.2 Å². The highest BCUT2D eigenvalue weighted by Crippen LogP contribution is 2.34. The Balaban J connectivity index is 1.32. The molecule has 1 atom stereocenters. The first-order valence-electron chi connectivity index (χ1n) is 12.6. The third kappa shape index (κ3) is 4.62. The van der Waals surface area contributed by atoms with Gasteiger partial charge < -0.3 is 14.4 Å². The summed E-state index contributed by atoms with van der Waals surface area (Å²) < 4.78 is 36.7. The monoisotopic (exact) mass is 452 g/mol. The van der Waals surface area contributed by atoms with Gasteiger partial charge in [0.25, 0.3) is 5.91 Å². The fourth-order valence-corrected chi connectivity index (χ4v) is 4.40. The maximum atomic E-state index is 13.0. The van der Waals surface area contributed by atoms with E-state index in [1.165, 1.54) is 4.90 Å². The molecule has 0 aromatic heterocycles. The maximum absolute atomic E-state index is 13.0. The Morgan fingerprint density at radius 1 is 1.09 bits per heavy atom. The van der Waals surface area contributed by atoms with Crippen molar-refractivity contribution in [1.29, 1.82) is 0 Å². The predicted octanol–water partition coefficient (Wildman–Crippen LogP) is 1.86. The fraction of sp³-hybridized carbons (Fsp3) is 0.400. The van der Waals surface area contributed by atoms with Gasteiger partial charge in [-0.15, -0.1) is 0 Å². The van der Waals surface area contributed by atoms with Crippen LogP contribution in [0.25, 0.3) is 0 Å². The Labute approximate surface area is 196 Å². The van der Waals surface area contributed by atoms with E-state index < -0.39 is 11.9 Å². The van der Waals surface area contributed by atoms with Crippen molar-refractivity contribution >= 4 is 17.7 Å². The molecule has 3 aliphatic rings. The first kappa shape index (κ1) is 18.2. The van der Waals surface area contributed by atoms with Crippen molar-refractivity contribution < 1.29 is 28.0 Å². The van der Waals surface area contributed by atoms with Gasteiger partial charge in [-0.1, -0.05) is 30.3 Å². The zero-order valence-electron chi connectivity index (χ0n) is 21.2. The molecule has 0 bridgehead atoms. The Kier molecular flexibility index (Phi) is 5.15. The van der Waals surface area contributed by atoms with E-state index in [0.717, 1.165) is 13.1 Å². The van der Waals surface area contributed by atoms with Gasteiger partial charge in [-0.2, -0.15) is 0 Å². The highest BCUT2D eigenvalue weighted by atomic mass is 16.5. The molecule has 2 saturated heterocycles. The molecule has 2 aromatic carbocycles. The largest absolute Gasteiger partial charge is 0.489 e. The molecule has 1 unspecified atom stereocenters. The Morgan fingerprint density at radius 2 is 1.91 bits per heavy atom. The lowest BCUT2D eigenvalue weighted by molar-refractivity contribution is -0.136. The second-order valence-corrected chi connectivity index (χ2v) is 8.40. The summed E-state index contributed by atoms with van der Waals surface area (Å²) in [5.74, 6) is -0.656. The van der Waals surface area contributed by atoms with Gasteiger partial charge in [0, 0.05) is 37.2 Å². The number of hydrogen-bond donors (Lipinski definition) is 1. The number of amides is 3. The van der Waals surface area contributed by atoms with E-state index >= 15 is 0 Å². The van der Waals surface area contributed by atoms with Gasteiger partial charge in [0.1, 0.15) is 18.4 Å². The molecule has 0 saturated carbocycles. The van der Waals surface area contributed by atoms with Gasteiger partial charge >= 0.3 is 0 Å². The Bertz CT molecular complexity index is 1230. The number of nitrogens with one attached hydrogen (secondary N) is 1. The number of hydrogen-bond acceptors (Lipinski definition) is 6. The highest BCUT2D eigenvalue weighted by molar-refractivity contribution is 6.05. The first-order valence-corrected chi connectivity index (χ1v) is 11.1. The average molecular weight is 453 g/mol. The second-order valence-electron chi connectivity index (χ2n) is 8.40. The number of nitrogens with zero attached hydrogens (tertiary/aromatic N) is 2. The minimum Gasteiger partial charge on any atom is -0.489 e. The number of ether oxygens (including phenoxy) is 2. The van der Waals surface area contributed by atoms with E-state index in [9.17, 15) is 14.4 Å². The van der Waals surface area contributed by atoms with Crippen molar-refractivity contribution in [1.82, 2.24) is 15.1 Å². The van der Waals surface area contributed by atoms with Crippen molar-refractivity contribution in [3.8, 4) is 5.75 Å². The van der Waals surface area contributed by atoms with Gasteiger partial charge in [-0.05, 0) is 29.7 Å². The van der Waals surface area contributed by atoms with Gasteiger partial charge in [-0.3, -0.25) is 24.6 Å². The Morgan fingerprint density at radius 3 is 2.73 bits per heavy atom. The van der Waals surface area contributed by atoms with Crippen LogP contribution in [0.4, 0.5) is 0 Å². The fourth-order valence-electron chi connectivity index (χ4n) is 4.40. The summed E-state index contributed by atoms with van der Waals surface area (Å²) in [7, 11) is 0. The summed E-state index contributed by atoms with van der Waals surface area (Å²) >= 11 is 0. The van der Waals surface area contributed by atoms with E-state index in [1.807, 2.05) is 0 Å². The van der Waals surface area contributed by atoms with Crippen LogP contribution in [0.2, 0.25) is 0 Å². The van der Waals surface area contributed by atoms with E-state index in [1.54, 1.807) is 24.3 Å². The Hall–Kier alpha value is -3.23. The van der Waals surface area contributed by atoms with E-state index in [4.69, 9.17) is 13.6 Å². The summed E-state index contributed by atoms with van der Waals surface area (Å²) in [6.45, 7) is 3.26. The molecule has 3 heterocycles. The minimum absolute atomic E-state index is 0.0167. The summed E-state index contributed by atoms with van der Waals surface area (Å²) in [4.78, 5) is 40.4. The molecule has 1 N–H and O–H groups in total. The summed E-state index contributed by atoms with van der Waals surface area (Å²) in [6, 6.07) is 6.17. The molecule has 33 heavy (non-hydrogen) atoms. The van der Waals surface area contributed by atoms with Crippen molar-refractivity contribution in [3.05, 3.63) is 64.6 Å². The third-order valence-corrected chi connectivity index (χ3v) is 6.20. The zero-order valence-corrected chi connectivity index (χ0v) is 18.2. The van der Waals surface area contributed by atoms with Crippen LogP contribution in [0, 0.1) is 0 Å². The lowest BCUT2D eigenvalue weighted by Crippen LogP contribution is -2.52. The molecule has 8 heteroatoms. The standard InChI is InChI=1S/C25H27N3O5/c29-23-9-8-21(24(30)26-23)28-15-20-19(25(28)31)2-1-3-22(20)33-16-18-6-4-17(5-7-18)14-27-10-12-32-13-11-27/h1-7,21H,8-16H2,(H,26,29,30)/i4D,5D,6D. The third-order valence-electron chi connectivity index (χ3n) is 6.20. The van der Waals surface area contributed by atoms with Crippen molar-refractivity contribution in [2.24, 2.45) is 0 Å². The van der Waals surface area contributed by atoms with Crippen LogP contribution >= 0.6 is 0 Å². The summed E-state index contributed by atoms with van der Waals surface area (Å²) in [5.41, 5.74) is 2.00. The molecule has 0 aliphatic carbocycles. The SMILES string of the molecule is [2H]c1cc(COc2cccc3c2CN(C2CCC(=O)NC2=O)C3=O)c([2H])c([2H])c1CN1CCOCC1. The lowest BCUT2D eigenvalue weighted by Gasteiger charge is -2.29. The first-order chi connectivity index (χ1) is 17.3. The smallest absolute Gasteiger partial charge is 0.255 e. The van der Waals surface area contributed by atoms with Crippen LogP contribution < -0.4 is 10.1 Å². The van der Waals surface area contributed by atoms with Crippen LogP contribution in [0.5, 0.6) is 5.75 Å². The van der Waals surface area contributed by atoms with Gasteiger partial charge in [0.05, 0.1) is 23.9 Å². The van der Waals surface area contributed by atoms with E-state index in [0.29, 0.717) is 47.8 Å². The van der Waals surface area contributed by atoms with Crippen molar-refractivity contribution in [2.45, 2.75) is 38.6 Å². The quantitative estimate of drug-likeness (QED) is 0.674. The average Bonchev–Trinajstić information content (AvgIpc) is 3.20. The molecule has 3 aliphatic heterocycles. The number of piperidine rings is 1.